The molecule has 0 saturated carbocycles. The summed E-state index contributed by atoms with van der Waals surface area (Å²) in [6.07, 6.45) is 0.957. The predicted octanol–water partition coefficient (Wildman–Crippen LogP) is 3.60. The normalized spacial score (nSPS) is 25.4. The van der Waals surface area contributed by atoms with Crippen LogP contribution in [0.15, 0.2) is 18.2 Å². The van der Waals surface area contributed by atoms with Crippen LogP contribution in [-0.4, -0.2) is 18.3 Å². The summed E-state index contributed by atoms with van der Waals surface area (Å²) in [4.78, 5) is 0. The largest absolute Gasteiger partial charge is 0.496 e. The van der Waals surface area contributed by atoms with Crippen molar-refractivity contribution in [1.82, 2.24) is 0 Å². The fourth-order valence-corrected chi connectivity index (χ4v) is 3.47. The molecule has 1 aliphatic heterocycles. The standard InChI is InChI=1S/C17H27NO2/c1-11-7-8-12(14(9-11)19-6)15(18)13-10-16(2,3)20-17(13,4)5/h7-9,13,15H,10,18H2,1-6H3. The third kappa shape index (κ3) is 2.84. The van der Waals surface area contributed by atoms with Crippen molar-refractivity contribution in [1.29, 1.82) is 0 Å². The van der Waals surface area contributed by atoms with Gasteiger partial charge < -0.3 is 15.2 Å². The van der Waals surface area contributed by atoms with Crippen LogP contribution in [0.4, 0.5) is 0 Å². The van der Waals surface area contributed by atoms with E-state index in [0.717, 1.165) is 17.7 Å². The van der Waals surface area contributed by atoms with Gasteiger partial charge in [0.2, 0.25) is 0 Å². The van der Waals surface area contributed by atoms with Gasteiger partial charge in [0.25, 0.3) is 0 Å². The zero-order valence-corrected chi connectivity index (χ0v) is 13.5. The number of aryl methyl sites for hydroxylation is 1. The van der Waals surface area contributed by atoms with E-state index in [1.165, 1.54) is 5.56 Å². The van der Waals surface area contributed by atoms with Crippen molar-refractivity contribution in [3.8, 4) is 5.75 Å². The Morgan fingerprint density at radius 3 is 2.45 bits per heavy atom. The highest BCUT2D eigenvalue weighted by atomic mass is 16.5. The Bertz CT molecular complexity index is 494. The van der Waals surface area contributed by atoms with Gasteiger partial charge in [-0.1, -0.05) is 12.1 Å². The van der Waals surface area contributed by atoms with Crippen molar-refractivity contribution in [3.05, 3.63) is 29.3 Å². The number of hydrogen-bond acceptors (Lipinski definition) is 3. The smallest absolute Gasteiger partial charge is 0.123 e. The summed E-state index contributed by atoms with van der Waals surface area (Å²) in [5.74, 6) is 1.15. The lowest BCUT2D eigenvalue weighted by atomic mass is 9.79. The SMILES string of the molecule is COc1cc(C)ccc1C(N)C1CC(C)(C)OC1(C)C. The van der Waals surface area contributed by atoms with Crippen LogP contribution in [0.2, 0.25) is 0 Å². The Balaban J connectivity index is 2.34. The van der Waals surface area contributed by atoms with Gasteiger partial charge >= 0.3 is 0 Å². The second-order valence-corrected chi connectivity index (χ2v) is 7.05. The zero-order chi connectivity index (χ0) is 15.1. The van der Waals surface area contributed by atoms with Gasteiger partial charge in [-0.25, -0.2) is 0 Å². The zero-order valence-electron chi connectivity index (χ0n) is 13.5. The molecule has 1 fully saturated rings. The molecule has 0 spiro atoms. The maximum atomic E-state index is 6.56. The van der Waals surface area contributed by atoms with Crippen LogP contribution in [0.3, 0.4) is 0 Å². The number of rotatable bonds is 3. The Morgan fingerprint density at radius 1 is 1.30 bits per heavy atom. The molecule has 0 aliphatic carbocycles. The molecule has 3 heteroatoms. The Labute approximate surface area is 122 Å². The molecule has 1 aromatic rings. The molecule has 2 rings (SSSR count). The van der Waals surface area contributed by atoms with Gasteiger partial charge in [-0.15, -0.1) is 0 Å². The van der Waals surface area contributed by atoms with Gasteiger partial charge in [-0.3, -0.25) is 0 Å². The van der Waals surface area contributed by atoms with Gasteiger partial charge in [-0.05, 0) is 52.7 Å². The van der Waals surface area contributed by atoms with Crippen molar-refractivity contribution in [3.63, 3.8) is 0 Å². The average Bonchev–Trinajstić information content (AvgIpc) is 2.56. The molecule has 3 nitrogen and oxygen atoms in total. The minimum Gasteiger partial charge on any atom is -0.496 e. The van der Waals surface area contributed by atoms with Gasteiger partial charge in [0, 0.05) is 17.5 Å². The summed E-state index contributed by atoms with van der Waals surface area (Å²) >= 11 is 0. The molecule has 0 bridgehead atoms. The topological polar surface area (TPSA) is 44.5 Å². The van der Waals surface area contributed by atoms with Crippen LogP contribution < -0.4 is 10.5 Å². The third-order valence-electron chi connectivity index (χ3n) is 4.33. The molecule has 2 N–H and O–H groups in total. The molecule has 1 aliphatic rings. The second kappa shape index (κ2) is 5.05. The molecule has 0 radical (unpaired) electrons. The van der Waals surface area contributed by atoms with Crippen LogP contribution >= 0.6 is 0 Å². The van der Waals surface area contributed by atoms with Crippen LogP contribution in [-0.2, 0) is 4.74 Å². The number of ether oxygens (including phenoxy) is 2. The quantitative estimate of drug-likeness (QED) is 0.918. The highest BCUT2D eigenvalue weighted by Crippen LogP contribution is 2.48. The van der Waals surface area contributed by atoms with Crippen LogP contribution in [0, 0.1) is 12.8 Å². The van der Waals surface area contributed by atoms with E-state index in [4.69, 9.17) is 15.2 Å². The van der Waals surface area contributed by atoms with Crippen molar-refractivity contribution in [2.24, 2.45) is 11.7 Å². The fraction of sp³-hybridized carbons (Fsp3) is 0.647. The van der Waals surface area contributed by atoms with E-state index >= 15 is 0 Å². The molecular weight excluding hydrogens is 250 g/mol. The van der Waals surface area contributed by atoms with E-state index in [2.05, 4.69) is 46.8 Å². The molecular formula is C17H27NO2. The maximum absolute atomic E-state index is 6.56. The highest BCUT2D eigenvalue weighted by molar-refractivity contribution is 5.40. The summed E-state index contributed by atoms with van der Waals surface area (Å²) in [5.41, 5.74) is 8.47. The van der Waals surface area contributed by atoms with E-state index in [9.17, 15) is 0 Å². The molecule has 1 aromatic carbocycles. The van der Waals surface area contributed by atoms with Gasteiger partial charge in [-0.2, -0.15) is 0 Å². The van der Waals surface area contributed by atoms with Crippen molar-refractivity contribution < 1.29 is 9.47 Å². The van der Waals surface area contributed by atoms with Crippen LogP contribution in [0.1, 0.15) is 51.3 Å². The predicted molar refractivity (Wildman–Crippen MR) is 82.0 cm³/mol. The molecule has 0 aromatic heterocycles. The van der Waals surface area contributed by atoms with Gasteiger partial charge in [0.15, 0.2) is 0 Å². The molecule has 0 amide bonds. The first-order valence-corrected chi connectivity index (χ1v) is 7.26. The van der Waals surface area contributed by atoms with E-state index in [-0.39, 0.29) is 23.2 Å². The number of hydrogen-bond donors (Lipinski definition) is 1. The first kappa shape index (κ1) is 15.3. The average molecular weight is 277 g/mol. The van der Waals surface area contributed by atoms with E-state index < -0.39 is 0 Å². The lowest BCUT2D eigenvalue weighted by Gasteiger charge is -2.31. The Morgan fingerprint density at radius 2 is 1.95 bits per heavy atom. The van der Waals surface area contributed by atoms with Crippen molar-refractivity contribution >= 4 is 0 Å². The summed E-state index contributed by atoms with van der Waals surface area (Å²) in [6, 6.07) is 6.14. The first-order chi connectivity index (χ1) is 9.16. The Hall–Kier alpha value is -1.06. The summed E-state index contributed by atoms with van der Waals surface area (Å²) in [5, 5.41) is 0. The minimum absolute atomic E-state index is 0.0812. The minimum atomic E-state index is -0.223. The molecule has 1 saturated heterocycles. The van der Waals surface area contributed by atoms with Gasteiger partial charge in [0.1, 0.15) is 5.75 Å². The highest BCUT2D eigenvalue weighted by Gasteiger charge is 2.48. The molecule has 2 atom stereocenters. The Kier molecular flexibility index (Phi) is 3.87. The number of benzene rings is 1. The van der Waals surface area contributed by atoms with Crippen LogP contribution in [0.5, 0.6) is 5.75 Å². The van der Waals surface area contributed by atoms with E-state index in [1.54, 1.807) is 7.11 Å². The van der Waals surface area contributed by atoms with E-state index in [0.29, 0.717) is 0 Å². The van der Waals surface area contributed by atoms with Gasteiger partial charge in [0.05, 0.1) is 18.3 Å². The number of nitrogens with two attached hydrogens (primary N) is 1. The fourth-order valence-electron chi connectivity index (χ4n) is 3.47. The second-order valence-electron chi connectivity index (χ2n) is 7.05. The molecule has 1 heterocycles. The van der Waals surface area contributed by atoms with Crippen molar-refractivity contribution in [2.45, 2.75) is 58.3 Å². The first-order valence-electron chi connectivity index (χ1n) is 7.26. The molecule has 20 heavy (non-hydrogen) atoms. The monoisotopic (exact) mass is 277 g/mol. The summed E-state index contributed by atoms with van der Waals surface area (Å²) in [6.45, 7) is 10.6. The lowest BCUT2D eigenvalue weighted by Crippen LogP contribution is -2.36. The summed E-state index contributed by atoms with van der Waals surface area (Å²) < 4.78 is 11.7. The summed E-state index contributed by atoms with van der Waals surface area (Å²) in [7, 11) is 1.70. The number of methoxy groups -OCH3 is 1. The third-order valence-corrected chi connectivity index (χ3v) is 4.33. The van der Waals surface area contributed by atoms with E-state index in [1.807, 2.05) is 6.07 Å². The lowest BCUT2D eigenvalue weighted by molar-refractivity contribution is -0.0767. The molecule has 2 unspecified atom stereocenters. The maximum Gasteiger partial charge on any atom is 0.123 e. The van der Waals surface area contributed by atoms with Crippen LogP contribution in [0.25, 0.3) is 0 Å². The molecule has 112 valence electrons. The van der Waals surface area contributed by atoms with Crippen molar-refractivity contribution in [2.75, 3.05) is 7.11 Å².